The van der Waals surface area contributed by atoms with Crippen LogP contribution in [0.15, 0.2) is 5.38 Å². The number of hydrogen-bond donors (Lipinski definition) is 1. The number of likely N-dealkylation sites (N-methyl/N-ethyl adjacent to an activating group) is 1. The van der Waals surface area contributed by atoms with E-state index in [-0.39, 0.29) is 6.61 Å². The lowest BCUT2D eigenvalue weighted by Gasteiger charge is -2.28. The first-order chi connectivity index (χ1) is 8.72. The van der Waals surface area contributed by atoms with Gasteiger partial charge in [-0.15, -0.1) is 11.3 Å². The van der Waals surface area contributed by atoms with Gasteiger partial charge in [-0.05, 0) is 32.4 Å². The third-order valence-corrected chi connectivity index (χ3v) is 4.80. The summed E-state index contributed by atoms with van der Waals surface area (Å²) in [6.45, 7) is 4.76. The normalized spacial score (nSPS) is 23.2. The van der Waals surface area contributed by atoms with Crippen molar-refractivity contribution < 1.29 is 5.11 Å². The van der Waals surface area contributed by atoms with E-state index >= 15 is 0 Å². The molecule has 0 aliphatic carbocycles. The Kier molecular flexibility index (Phi) is 5.15. The van der Waals surface area contributed by atoms with Crippen molar-refractivity contribution in [3.8, 4) is 0 Å². The van der Waals surface area contributed by atoms with Gasteiger partial charge in [-0.2, -0.15) is 0 Å². The highest BCUT2D eigenvalue weighted by atomic mass is 32.1. The fourth-order valence-corrected chi connectivity index (χ4v) is 3.59. The summed E-state index contributed by atoms with van der Waals surface area (Å²) in [6.07, 6.45) is 4.50. The number of rotatable bonds is 5. The highest BCUT2D eigenvalue weighted by molar-refractivity contribution is 7.09. The van der Waals surface area contributed by atoms with Crippen LogP contribution in [0.2, 0.25) is 0 Å². The Hall–Kier alpha value is -0.450. The van der Waals surface area contributed by atoms with E-state index in [0.29, 0.717) is 11.8 Å². The van der Waals surface area contributed by atoms with Crippen molar-refractivity contribution in [2.24, 2.45) is 5.92 Å². The molecule has 2 atom stereocenters. The maximum absolute atomic E-state index is 9.25. The second-order valence-corrected chi connectivity index (χ2v) is 6.37. The number of piperidine rings is 1. The van der Waals surface area contributed by atoms with Gasteiger partial charge in [0, 0.05) is 30.9 Å². The molecular formula is C14H24N2OS. The van der Waals surface area contributed by atoms with Gasteiger partial charge in [0.15, 0.2) is 0 Å². The Morgan fingerprint density at radius 2 is 2.44 bits per heavy atom. The largest absolute Gasteiger partial charge is 0.396 e. The number of hydrogen-bond acceptors (Lipinski definition) is 4. The molecule has 1 aromatic heterocycles. The molecule has 0 spiro atoms. The number of aromatic nitrogens is 1. The first-order valence-corrected chi connectivity index (χ1v) is 7.84. The average Bonchev–Trinajstić information content (AvgIpc) is 2.84. The number of nitrogens with zero attached hydrogens (tertiary/aromatic N) is 2. The molecular weight excluding hydrogens is 244 g/mol. The predicted molar refractivity (Wildman–Crippen MR) is 76.2 cm³/mol. The van der Waals surface area contributed by atoms with Gasteiger partial charge in [0.25, 0.3) is 0 Å². The smallest absolute Gasteiger partial charge is 0.0932 e. The van der Waals surface area contributed by atoms with Crippen LogP contribution in [-0.2, 0) is 6.42 Å². The minimum absolute atomic E-state index is 0.275. The summed E-state index contributed by atoms with van der Waals surface area (Å²) < 4.78 is 0. The van der Waals surface area contributed by atoms with Crippen molar-refractivity contribution in [1.29, 1.82) is 0 Å². The molecule has 102 valence electrons. The summed E-state index contributed by atoms with van der Waals surface area (Å²) in [5.74, 6) is 0.987. The zero-order valence-electron chi connectivity index (χ0n) is 11.4. The lowest BCUT2D eigenvalue weighted by Crippen LogP contribution is -2.30. The highest BCUT2D eigenvalue weighted by Crippen LogP contribution is 2.28. The Labute approximate surface area is 114 Å². The Morgan fingerprint density at radius 3 is 3.11 bits per heavy atom. The summed E-state index contributed by atoms with van der Waals surface area (Å²) in [5.41, 5.74) is 1.27. The van der Waals surface area contributed by atoms with E-state index in [1.165, 1.54) is 30.1 Å². The molecule has 0 saturated carbocycles. The molecule has 0 bridgehead atoms. The van der Waals surface area contributed by atoms with Gasteiger partial charge >= 0.3 is 0 Å². The van der Waals surface area contributed by atoms with E-state index in [9.17, 15) is 5.11 Å². The Balaban J connectivity index is 1.96. The summed E-state index contributed by atoms with van der Waals surface area (Å²) >= 11 is 1.76. The predicted octanol–water partition coefficient (Wildman–Crippen LogP) is 2.51. The molecule has 1 aliphatic heterocycles. The van der Waals surface area contributed by atoms with E-state index in [1.807, 2.05) is 0 Å². The summed E-state index contributed by atoms with van der Waals surface area (Å²) in [7, 11) is 2.19. The van der Waals surface area contributed by atoms with Gasteiger partial charge in [0.2, 0.25) is 0 Å². The highest BCUT2D eigenvalue weighted by Gasteiger charge is 2.21. The molecule has 1 fully saturated rings. The second-order valence-electron chi connectivity index (χ2n) is 5.43. The van der Waals surface area contributed by atoms with Crippen molar-refractivity contribution in [3.63, 3.8) is 0 Å². The summed E-state index contributed by atoms with van der Waals surface area (Å²) in [4.78, 5) is 7.18. The quantitative estimate of drug-likeness (QED) is 0.891. The third-order valence-electron chi connectivity index (χ3n) is 3.91. The molecule has 18 heavy (non-hydrogen) atoms. The second kappa shape index (κ2) is 6.64. The maximum Gasteiger partial charge on any atom is 0.0932 e. The molecule has 3 nitrogen and oxygen atoms in total. The van der Waals surface area contributed by atoms with E-state index in [2.05, 4.69) is 24.3 Å². The van der Waals surface area contributed by atoms with Crippen LogP contribution in [0.25, 0.3) is 0 Å². The zero-order valence-corrected chi connectivity index (χ0v) is 12.2. The molecule has 1 N–H and O–H groups in total. The molecule has 0 aromatic carbocycles. The van der Waals surface area contributed by atoms with Crippen LogP contribution in [0.3, 0.4) is 0 Å². The van der Waals surface area contributed by atoms with Crippen LogP contribution in [0.5, 0.6) is 0 Å². The lowest BCUT2D eigenvalue weighted by molar-refractivity contribution is 0.221. The van der Waals surface area contributed by atoms with Crippen LogP contribution >= 0.6 is 11.3 Å². The topological polar surface area (TPSA) is 36.4 Å². The van der Waals surface area contributed by atoms with Gasteiger partial charge in [-0.25, -0.2) is 4.98 Å². The molecule has 0 radical (unpaired) electrons. The lowest BCUT2D eigenvalue weighted by atomic mass is 9.96. The molecule has 2 rings (SSSR count). The summed E-state index contributed by atoms with van der Waals surface area (Å²) in [5, 5.41) is 12.7. The first-order valence-electron chi connectivity index (χ1n) is 6.96. The van der Waals surface area contributed by atoms with Gasteiger partial charge in [0.1, 0.15) is 0 Å². The monoisotopic (exact) mass is 268 g/mol. The van der Waals surface area contributed by atoms with E-state index in [4.69, 9.17) is 4.98 Å². The van der Waals surface area contributed by atoms with E-state index < -0.39 is 0 Å². The van der Waals surface area contributed by atoms with Crippen molar-refractivity contribution >= 4 is 11.3 Å². The molecule has 1 aromatic rings. The number of aliphatic hydroxyl groups is 1. The molecule has 2 heterocycles. The molecule has 4 heteroatoms. The zero-order chi connectivity index (χ0) is 13.0. The fraction of sp³-hybridized carbons (Fsp3) is 0.786. The third kappa shape index (κ3) is 3.53. The van der Waals surface area contributed by atoms with E-state index in [0.717, 1.165) is 19.4 Å². The van der Waals surface area contributed by atoms with Crippen LogP contribution in [0, 0.1) is 5.92 Å². The Bertz CT molecular complexity index is 362. The first kappa shape index (κ1) is 14.0. The van der Waals surface area contributed by atoms with Gasteiger partial charge in [-0.3, -0.25) is 0 Å². The minimum atomic E-state index is 0.275. The van der Waals surface area contributed by atoms with Crippen LogP contribution in [0.1, 0.15) is 42.8 Å². The summed E-state index contributed by atoms with van der Waals surface area (Å²) in [6, 6.07) is 0. The SMILES string of the molecule is CCC(CO)Cc1nc(C2CCCN(C)C2)cs1. The fourth-order valence-electron chi connectivity index (χ4n) is 2.60. The number of thiazole rings is 1. The molecule has 2 unspecified atom stereocenters. The molecule has 0 amide bonds. The molecule has 1 aliphatic rings. The van der Waals surface area contributed by atoms with Crippen molar-refractivity contribution in [1.82, 2.24) is 9.88 Å². The van der Waals surface area contributed by atoms with Crippen molar-refractivity contribution in [3.05, 3.63) is 16.1 Å². The maximum atomic E-state index is 9.25. The average molecular weight is 268 g/mol. The van der Waals surface area contributed by atoms with Crippen molar-refractivity contribution in [2.45, 2.75) is 38.5 Å². The number of aliphatic hydroxyl groups excluding tert-OH is 1. The van der Waals surface area contributed by atoms with Gasteiger partial charge in [0.05, 0.1) is 10.7 Å². The van der Waals surface area contributed by atoms with Crippen LogP contribution < -0.4 is 0 Å². The standard InChI is InChI=1S/C14H24N2OS/c1-3-11(9-17)7-14-15-13(10-18-14)12-5-4-6-16(2)8-12/h10-12,17H,3-9H2,1-2H3. The minimum Gasteiger partial charge on any atom is -0.396 e. The number of likely N-dealkylation sites (tertiary alicyclic amines) is 1. The van der Waals surface area contributed by atoms with E-state index in [1.54, 1.807) is 11.3 Å². The molecule has 1 saturated heterocycles. The van der Waals surface area contributed by atoms with Crippen LogP contribution in [-0.4, -0.2) is 41.7 Å². The van der Waals surface area contributed by atoms with Crippen LogP contribution in [0.4, 0.5) is 0 Å². The van der Waals surface area contributed by atoms with Gasteiger partial charge in [-0.1, -0.05) is 13.3 Å². The Morgan fingerprint density at radius 1 is 1.61 bits per heavy atom. The van der Waals surface area contributed by atoms with Crippen molar-refractivity contribution in [2.75, 3.05) is 26.7 Å². The van der Waals surface area contributed by atoms with Gasteiger partial charge < -0.3 is 10.0 Å².